The van der Waals surface area contributed by atoms with Crippen molar-refractivity contribution in [1.29, 1.82) is 0 Å². The molecular weight excluding hydrogens is 594 g/mol. The molecule has 2 fully saturated rings. The molecule has 3 amide bonds. The lowest BCUT2D eigenvalue weighted by molar-refractivity contribution is 0.0859. The van der Waals surface area contributed by atoms with Crippen LogP contribution in [0.3, 0.4) is 0 Å². The molecule has 0 radical (unpaired) electrons. The molecule has 6 rings (SSSR count). The number of pyridine rings is 1. The number of hydrogen-bond acceptors (Lipinski definition) is 6. The number of aromatic nitrogens is 1. The maximum Gasteiger partial charge on any atom is 0.409 e. The molecule has 1 aromatic heterocycles. The van der Waals surface area contributed by atoms with E-state index < -0.39 is 0 Å². The highest BCUT2D eigenvalue weighted by atomic mass is 16.6. The predicted molar refractivity (Wildman–Crippen MR) is 182 cm³/mol. The van der Waals surface area contributed by atoms with E-state index in [9.17, 15) is 19.2 Å². The first-order chi connectivity index (χ1) is 22.5. The van der Waals surface area contributed by atoms with E-state index in [0.29, 0.717) is 68.4 Å². The third-order valence-electron chi connectivity index (χ3n) is 9.70. The van der Waals surface area contributed by atoms with Gasteiger partial charge in [0.05, 0.1) is 18.0 Å². The Hall–Kier alpha value is -4.60. The molecule has 3 aromatic rings. The lowest BCUT2D eigenvalue weighted by Gasteiger charge is -2.44. The first-order valence-corrected chi connectivity index (χ1v) is 16.7. The van der Waals surface area contributed by atoms with Crippen molar-refractivity contribution in [3.05, 3.63) is 93.4 Å². The number of carbonyl (C=O) groups excluding carboxylic acids is 3. The smallest absolute Gasteiger partial charge is 0.409 e. The zero-order chi connectivity index (χ0) is 33.3. The van der Waals surface area contributed by atoms with Gasteiger partial charge < -0.3 is 29.7 Å². The highest BCUT2D eigenvalue weighted by Gasteiger charge is 2.35. The number of piperidine rings is 2. The Morgan fingerprint density at radius 1 is 0.894 bits per heavy atom. The highest BCUT2D eigenvalue weighted by molar-refractivity contribution is 6.07. The molecule has 0 spiro atoms. The number of ether oxygens (including phenoxy) is 1. The van der Waals surface area contributed by atoms with Gasteiger partial charge in [-0.05, 0) is 79.5 Å². The number of nitrogens with zero attached hydrogens (tertiary/aromatic N) is 3. The minimum Gasteiger partial charge on any atom is -0.450 e. The van der Waals surface area contributed by atoms with Gasteiger partial charge in [-0.25, -0.2) is 4.79 Å². The second-order valence-electron chi connectivity index (χ2n) is 14.1. The zero-order valence-corrected chi connectivity index (χ0v) is 27.8. The maximum atomic E-state index is 13.6. The van der Waals surface area contributed by atoms with Crippen molar-refractivity contribution in [2.75, 3.05) is 43.0 Å². The van der Waals surface area contributed by atoms with Gasteiger partial charge >= 0.3 is 6.09 Å². The molecule has 4 heterocycles. The number of carbonyl (C=O) groups is 3. The molecule has 2 saturated heterocycles. The molecule has 0 unspecified atom stereocenters. The number of benzene rings is 2. The van der Waals surface area contributed by atoms with E-state index >= 15 is 0 Å². The van der Waals surface area contributed by atoms with E-state index in [-0.39, 0.29) is 40.8 Å². The second kappa shape index (κ2) is 13.3. The fourth-order valence-electron chi connectivity index (χ4n) is 7.15. The number of rotatable bonds is 6. The molecule has 10 nitrogen and oxygen atoms in total. The molecule has 2 bridgehead atoms. The Morgan fingerprint density at radius 3 is 2.32 bits per heavy atom. The third kappa shape index (κ3) is 7.06. The van der Waals surface area contributed by atoms with Gasteiger partial charge in [0.2, 0.25) is 0 Å². The van der Waals surface area contributed by atoms with Crippen molar-refractivity contribution in [1.82, 2.24) is 14.8 Å². The van der Waals surface area contributed by atoms with Gasteiger partial charge in [0, 0.05) is 67.6 Å². The molecular formula is C37H45N5O5. The monoisotopic (exact) mass is 639 g/mol. The summed E-state index contributed by atoms with van der Waals surface area (Å²) in [5.74, 6) is 0.0105. The average molecular weight is 640 g/mol. The molecule has 0 aliphatic carbocycles. The van der Waals surface area contributed by atoms with Crippen LogP contribution in [0.5, 0.6) is 0 Å². The first-order valence-electron chi connectivity index (χ1n) is 16.7. The minimum atomic E-state index is -0.321. The van der Waals surface area contributed by atoms with Crippen LogP contribution in [0, 0.1) is 5.92 Å². The lowest BCUT2D eigenvalue weighted by Crippen LogP contribution is -2.47. The Balaban J connectivity index is 1.24. The van der Waals surface area contributed by atoms with Crippen LogP contribution in [0.1, 0.15) is 84.8 Å². The summed E-state index contributed by atoms with van der Waals surface area (Å²) in [5, 5.41) is 6.26. The van der Waals surface area contributed by atoms with E-state index in [2.05, 4.69) is 36.3 Å². The van der Waals surface area contributed by atoms with Gasteiger partial charge in [-0.2, -0.15) is 0 Å². The van der Waals surface area contributed by atoms with Crippen LogP contribution in [-0.4, -0.2) is 66.2 Å². The van der Waals surface area contributed by atoms with Crippen LogP contribution in [0.4, 0.5) is 16.2 Å². The molecule has 248 valence electrons. The zero-order valence-electron chi connectivity index (χ0n) is 27.8. The van der Waals surface area contributed by atoms with E-state index in [1.165, 1.54) is 0 Å². The van der Waals surface area contributed by atoms with Gasteiger partial charge in [-0.1, -0.05) is 39.0 Å². The number of amides is 3. The van der Waals surface area contributed by atoms with E-state index in [0.717, 1.165) is 29.9 Å². The summed E-state index contributed by atoms with van der Waals surface area (Å²) in [6.45, 7) is 11.7. The maximum absolute atomic E-state index is 13.6. The van der Waals surface area contributed by atoms with Crippen LogP contribution < -0.4 is 21.1 Å². The number of likely N-dealkylation sites (tertiary alicyclic amines) is 1. The van der Waals surface area contributed by atoms with Crippen molar-refractivity contribution in [3.8, 4) is 0 Å². The molecule has 10 heteroatoms. The van der Waals surface area contributed by atoms with Crippen molar-refractivity contribution < 1.29 is 19.1 Å². The number of anilines is 2. The fraction of sp³-hybridized carbons (Fsp3) is 0.459. The van der Waals surface area contributed by atoms with E-state index in [1.807, 2.05) is 53.1 Å². The summed E-state index contributed by atoms with van der Waals surface area (Å²) in [4.78, 5) is 55.8. The summed E-state index contributed by atoms with van der Waals surface area (Å²) in [6, 6.07) is 18.6. The minimum absolute atomic E-state index is 0.0324. The summed E-state index contributed by atoms with van der Waals surface area (Å²) in [7, 11) is 0. The standard InChI is InChI=1S/C37H45N5O5/c1-5-47-36(46)40-17-15-29(16-18-40)38-35(45)26-11-14-32(30(20-26)39-34(44)25-9-12-28(13-10-25)37(2,3)4)41-21-24-19-27(23-41)31-7-6-8-33(43)42(31)22-24/h6-14,20,24,27,29H,5,15-19,21-23H2,1-4H3,(H,38,45)(H,39,44)/t24-,27+/m1/s1. The largest absolute Gasteiger partial charge is 0.450 e. The van der Waals surface area contributed by atoms with Gasteiger partial charge in [0.25, 0.3) is 17.4 Å². The van der Waals surface area contributed by atoms with Crippen molar-refractivity contribution in [2.24, 2.45) is 5.92 Å². The SMILES string of the molecule is CCOC(=O)N1CCC(NC(=O)c2ccc(N3C[C@H]4C[C@@H](C3)c3cccc(=O)n3C4)c(NC(=O)c3ccc(C(C)(C)C)cc3)c2)CC1. The topological polar surface area (TPSA) is 113 Å². The van der Waals surface area contributed by atoms with Crippen LogP contribution >= 0.6 is 0 Å². The molecule has 3 aliphatic rings. The quantitative estimate of drug-likeness (QED) is 0.375. The fourth-order valence-corrected chi connectivity index (χ4v) is 7.15. The van der Waals surface area contributed by atoms with E-state index in [4.69, 9.17) is 4.74 Å². The van der Waals surface area contributed by atoms with Crippen molar-refractivity contribution in [3.63, 3.8) is 0 Å². The second-order valence-corrected chi connectivity index (χ2v) is 14.1. The molecule has 0 saturated carbocycles. The Kier molecular flexibility index (Phi) is 9.12. The van der Waals surface area contributed by atoms with E-state index in [1.54, 1.807) is 24.0 Å². The van der Waals surface area contributed by atoms with Crippen LogP contribution in [0.2, 0.25) is 0 Å². The Morgan fingerprint density at radius 2 is 1.62 bits per heavy atom. The van der Waals surface area contributed by atoms with Crippen molar-refractivity contribution in [2.45, 2.75) is 70.9 Å². The third-order valence-corrected chi connectivity index (χ3v) is 9.70. The van der Waals surface area contributed by atoms with Gasteiger partial charge in [0.1, 0.15) is 0 Å². The Labute approximate surface area is 276 Å². The van der Waals surface area contributed by atoms with Gasteiger partial charge in [-0.3, -0.25) is 14.4 Å². The summed E-state index contributed by atoms with van der Waals surface area (Å²) >= 11 is 0. The van der Waals surface area contributed by atoms with Crippen molar-refractivity contribution >= 4 is 29.3 Å². The molecule has 47 heavy (non-hydrogen) atoms. The summed E-state index contributed by atoms with van der Waals surface area (Å²) in [5.41, 5.74) is 4.61. The molecule has 3 aliphatic heterocycles. The van der Waals surface area contributed by atoms with Crippen LogP contribution in [-0.2, 0) is 16.7 Å². The number of fused-ring (bicyclic) bond motifs is 4. The van der Waals surface area contributed by atoms with Gasteiger partial charge in [0.15, 0.2) is 0 Å². The highest BCUT2D eigenvalue weighted by Crippen LogP contribution is 2.39. The summed E-state index contributed by atoms with van der Waals surface area (Å²) < 4.78 is 7.03. The lowest BCUT2D eigenvalue weighted by atomic mass is 9.83. The van der Waals surface area contributed by atoms with Crippen LogP contribution in [0.25, 0.3) is 0 Å². The normalized spacial score (nSPS) is 19.5. The average Bonchev–Trinajstić information content (AvgIpc) is 3.05. The molecule has 2 atom stereocenters. The summed E-state index contributed by atoms with van der Waals surface area (Å²) in [6.07, 6.45) is 1.96. The van der Waals surface area contributed by atoms with Crippen LogP contribution in [0.15, 0.2) is 65.5 Å². The molecule has 2 aromatic carbocycles. The Bertz CT molecular complexity index is 1700. The predicted octanol–water partition coefficient (Wildman–Crippen LogP) is 5.37. The molecule has 2 N–H and O–H groups in total. The van der Waals surface area contributed by atoms with Gasteiger partial charge in [-0.15, -0.1) is 0 Å². The first kappa shape index (κ1) is 32.3. The number of hydrogen-bond donors (Lipinski definition) is 2. The number of nitrogens with one attached hydrogen (secondary N) is 2.